The number of fused-ring (bicyclic) bond motifs is 2. The van der Waals surface area contributed by atoms with Crippen molar-refractivity contribution in [2.75, 3.05) is 0 Å². The van der Waals surface area contributed by atoms with Crippen LogP contribution in [0, 0.1) is 0 Å². The van der Waals surface area contributed by atoms with E-state index in [4.69, 9.17) is 0 Å². The Kier molecular flexibility index (Phi) is 3.74. The third-order valence-electron chi connectivity index (χ3n) is 4.00. The first kappa shape index (κ1) is 15.4. The molecule has 0 radical (unpaired) electrons. The molecule has 25 heavy (non-hydrogen) atoms. The average Bonchev–Trinajstić information content (AvgIpc) is 3.13. The monoisotopic (exact) mass is 349 g/mol. The molecular weight excluding hydrogens is 336 g/mol. The van der Waals surface area contributed by atoms with Crippen molar-refractivity contribution in [2.24, 2.45) is 4.99 Å². The highest BCUT2D eigenvalue weighted by Gasteiger charge is 2.26. The van der Waals surface area contributed by atoms with Gasteiger partial charge in [-0.1, -0.05) is 52.3 Å². The molecule has 0 aliphatic carbocycles. The number of thiazole rings is 1. The average molecular weight is 349 g/mol. The topological polar surface area (TPSA) is 70.6 Å². The van der Waals surface area contributed by atoms with Gasteiger partial charge in [-0.15, -0.1) is 0 Å². The third kappa shape index (κ3) is 2.66. The molecule has 0 fully saturated rings. The first-order valence-electron chi connectivity index (χ1n) is 7.70. The predicted molar refractivity (Wildman–Crippen MR) is 95.6 cm³/mol. The van der Waals surface area contributed by atoms with E-state index in [-0.39, 0.29) is 5.91 Å². The number of carbonyl (C=O) groups is 2. The van der Waals surface area contributed by atoms with Crippen molar-refractivity contribution in [3.05, 3.63) is 76.8 Å². The van der Waals surface area contributed by atoms with Crippen molar-refractivity contribution in [3.63, 3.8) is 0 Å². The first-order valence-corrected chi connectivity index (χ1v) is 8.51. The molecule has 1 aliphatic heterocycles. The molecule has 0 saturated carbocycles. The molecule has 6 heteroatoms. The van der Waals surface area contributed by atoms with Gasteiger partial charge in [0.15, 0.2) is 0 Å². The summed E-state index contributed by atoms with van der Waals surface area (Å²) < 4.78 is 2.23. The van der Waals surface area contributed by atoms with Gasteiger partial charge < -0.3 is 5.11 Å². The summed E-state index contributed by atoms with van der Waals surface area (Å²) in [4.78, 5) is 27.5. The van der Waals surface area contributed by atoms with Crippen LogP contribution in [0.25, 0.3) is 10.2 Å². The molecule has 0 saturated heterocycles. The van der Waals surface area contributed by atoms with Gasteiger partial charge in [0, 0.05) is 11.6 Å². The van der Waals surface area contributed by atoms with Crippen LogP contribution in [0.2, 0.25) is 0 Å². The van der Waals surface area contributed by atoms with Crippen LogP contribution < -0.4 is 4.57 Å². The van der Waals surface area contributed by atoms with Gasteiger partial charge in [0.2, 0.25) is 5.52 Å². The minimum Gasteiger partial charge on any atom is -0.427 e. The standard InChI is InChI=1S/C19H12N2O3S/c22-18-13-7-2-1-6-12(13)14(20-18)8-5-11-17-21(19(23)24)15-9-3-4-10-16(15)25-17/h1-10H,11H2/p+1. The number of rotatable bonds is 3. The number of aliphatic imine (C=N–C) groups is 1. The van der Waals surface area contributed by atoms with E-state index in [2.05, 4.69) is 4.99 Å². The molecule has 0 atom stereocenters. The number of amides is 1. The number of allylic oxidation sites excluding steroid dienone is 2. The summed E-state index contributed by atoms with van der Waals surface area (Å²) in [5.41, 5.74) is 2.71. The Morgan fingerprint density at radius 2 is 1.84 bits per heavy atom. The molecule has 3 aromatic rings. The molecule has 4 rings (SSSR count). The fraction of sp³-hybridized carbons (Fsp3) is 0.0526. The molecule has 0 spiro atoms. The highest BCUT2D eigenvalue weighted by Crippen LogP contribution is 2.22. The molecule has 0 unspecified atom stereocenters. The number of carboxylic acid groups (broad SMARTS) is 1. The number of benzene rings is 2. The SMILES string of the molecule is O=C1N=C(C=CCc2sc3ccccc3[n+]2C(=O)O)c2ccccc21. The smallest absolute Gasteiger partial charge is 0.427 e. The zero-order valence-electron chi connectivity index (χ0n) is 13.0. The molecule has 1 amide bonds. The summed E-state index contributed by atoms with van der Waals surface area (Å²) in [6.07, 6.45) is 3.07. The summed E-state index contributed by atoms with van der Waals surface area (Å²) >= 11 is 1.44. The van der Waals surface area contributed by atoms with Crippen LogP contribution in [-0.4, -0.2) is 22.8 Å². The molecule has 122 valence electrons. The fourth-order valence-electron chi connectivity index (χ4n) is 2.90. The van der Waals surface area contributed by atoms with Crippen LogP contribution in [0.4, 0.5) is 4.79 Å². The lowest BCUT2D eigenvalue weighted by molar-refractivity contribution is -0.559. The fourth-order valence-corrected chi connectivity index (χ4v) is 4.01. The Bertz CT molecular complexity index is 1080. The second kappa shape index (κ2) is 6.07. The van der Waals surface area contributed by atoms with Gasteiger partial charge >= 0.3 is 6.09 Å². The van der Waals surface area contributed by atoms with E-state index in [0.29, 0.717) is 28.2 Å². The van der Waals surface area contributed by atoms with Gasteiger partial charge in [-0.25, -0.2) is 4.99 Å². The van der Waals surface area contributed by atoms with Crippen LogP contribution in [0.15, 0.2) is 65.7 Å². The maximum absolute atomic E-state index is 11.9. The maximum Gasteiger partial charge on any atom is 0.600 e. The second-order valence-corrected chi connectivity index (χ2v) is 6.65. The summed E-state index contributed by atoms with van der Waals surface area (Å²) in [6.45, 7) is 0. The second-order valence-electron chi connectivity index (χ2n) is 5.54. The number of para-hydroxylation sites is 1. The van der Waals surface area contributed by atoms with Gasteiger partial charge in [-0.3, -0.25) is 4.79 Å². The van der Waals surface area contributed by atoms with Crippen molar-refractivity contribution in [2.45, 2.75) is 6.42 Å². The molecule has 2 aromatic carbocycles. The highest BCUT2D eigenvalue weighted by molar-refractivity contribution is 7.18. The van der Waals surface area contributed by atoms with Gasteiger partial charge in [-0.2, -0.15) is 4.79 Å². The van der Waals surface area contributed by atoms with Crippen LogP contribution in [0.3, 0.4) is 0 Å². The van der Waals surface area contributed by atoms with Crippen molar-refractivity contribution >= 4 is 39.3 Å². The van der Waals surface area contributed by atoms with E-state index in [1.165, 1.54) is 15.9 Å². The van der Waals surface area contributed by atoms with Gasteiger partial charge in [-0.05, 0) is 18.2 Å². The molecule has 2 heterocycles. The van der Waals surface area contributed by atoms with Crippen LogP contribution >= 0.6 is 11.3 Å². The Balaban J connectivity index is 1.64. The lowest BCUT2D eigenvalue weighted by atomic mass is 10.1. The summed E-state index contributed by atoms with van der Waals surface area (Å²) in [7, 11) is 0. The number of hydrogen-bond donors (Lipinski definition) is 1. The van der Waals surface area contributed by atoms with Gasteiger partial charge in [0.05, 0.1) is 17.7 Å². The highest BCUT2D eigenvalue weighted by atomic mass is 32.1. The lowest BCUT2D eigenvalue weighted by Gasteiger charge is -1.96. The van der Waals surface area contributed by atoms with E-state index < -0.39 is 6.09 Å². The Hall–Kier alpha value is -3.12. The summed E-state index contributed by atoms with van der Waals surface area (Å²) in [6, 6.07) is 14.7. The molecular formula is C19H13N2O3S+. The van der Waals surface area contributed by atoms with Crippen molar-refractivity contribution < 1.29 is 19.3 Å². The maximum atomic E-state index is 11.9. The van der Waals surface area contributed by atoms with E-state index in [1.54, 1.807) is 18.2 Å². The van der Waals surface area contributed by atoms with E-state index >= 15 is 0 Å². The lowest BCUT2D eigenvalue weighted by Crippen LogP contribution is -2.43. The summed E-state index contributed by atoms with van der Waals surface area (Å²) in [5.74, 6) is -0.238. The largest absolute Gasteiger partial charge is 0.600 e. The van der Waals surface area contributed by atoms with E-state index in [1.807, 2.05) is 42.5 Å². The minimum absolute atomic E-state index is 0.238. The predicted octanol–water partition coefficient (Wildman–Crippen LogP) is 3.46. The zero-order valence-corrected chi connectivity index (χ0v) is 13.9. The van der Waals surface area contributed by atoms with Gasteiger partial charge in [0.25, 0.3) is 10.9 Å². The van der Waals surface area contributed by atoms with E-state index in [0.717, 1.165) is 10.3 Å². The zero-order chi connectivity index (χ0) is 17.4. The van der Waals surface area contributed by atoms with Gasteiger partial charge in [0.1, 0.15) is 4.70 Å². The van der Waals surface area contributed by atoms with Crippen molar-refractivity contribution in [1.29, 1.82) is 0 Å². The first-order chi connectivity index (χ1) is 12.1. The van der Waals surface area contributed by atoms with Crippen LogP contribution in [-0.2, 0) is 6.42 Å². The Labute approximate surface area is 147 Å². The van der Waals surface area contributed by atoms with Crippen LogP contribution in [0.1, 0.15) is 20.9 Å². The summed E-state index contributed by atoms with van der Waals surface area (Å²) in [5, 5.41) is 10.2. The Morgan fingerprint density at radius 3 is 2.64 bits per heavy atom. The molecule has 1 aromatic heterocycles. The quantitative estimate of drug-likeness (QED) is 0.736. The van der Waals surface area contributed by atoms with Crippen molar-refractivity contribution in [1.82, 2.24) is 0 Å². The number of hydrogen-bond acceptors (Lipinski definition) is 3. The van der Waals surface area contributed by atoms with E-state index in [9.17, 15) is 14.7 Å². The molecule has 0 bridgehead atoms. The minimum atomic E-state index is -1.00. The van der Waals surface area contributed by atoms with Crippen molar-refractivity contribution in [3.8, 4) is 0 Å². The third-order valence-corrected chi connectivity index (χ3v) is 5.15. The number of carbonyl (C=O) groups excluding carboxylic acids is 1. The number of aromatic nitrogens is 1. The normalized spacial score (nSPS) is 13.4. The molecule has 1 aliphatic rings. The molecule has 1 N–H and O–H groups in total. The van der Waals surface area contributed by atoms with Crippen LogP contribution in [0.5, 0.6) is 0 Å². The Morgan fingerprint density at radius 1 is 1.12 bits per heavy atom. The number of nitrogens with zero attached hydrogens (tertiary/aromatic N) is 2. The molecule has 5 nitrogen and oxygen atoms in total.